The summed E-state index contributed by atoms with van der Waals surface area (Å²) >= 11 is 3.76. The van der Waals surface area contributed by atoms with E-state index in [0.29, 0.717) is 0 Å². The molecule has 0 bridgehead atoms. The molecule has 0 amide bonds. The van der Waals surface area contributed by atoms with E-state index in [9.17, 15) is 0 Å². The highest BCUT2D eigenvalue weighted by molar-refractivity contribution is 7.20. The van der Waals surface area contributed by atoms with Gasteiger partial charge in [0.15, 0.2) is 0 Å². The molecule has 0 aromatic carbocycles. The molecule has 0 N–H and O–H groups in total. The first-order valence-electron chi connectivity index (χ1n) is 8.52. The third-order valence-corrected chi connectivity index (χ3v) is 6.05. The molecule has 0 aliphatic heterocycles. The maximum Gasteiger partial charge on any atom is 0.0474 e. The van der Waals surface area contributed by atoms with Crippen LogP contribution in [-0.4, -0.2) is 0 Å². The van der Waals surface area contributed by atoms with Gasteiger partial charge in [-0.2, -0.15) is 0 Å². The Balaban J connectivity index is 1.58. The molecule has 21 heavy (non-hydrogen) atoms. The van der Waals surface area contributed by atoms with Crippen molar-refractivity contribution in [3.8, 4) is 9.75 Å². The van der Waals surface area contributed by atoms with Crippen molar-refractivity contribution in [2.24, 2.45) is 0 Å². The second-order valence-electron chi connectivity index (χ2n) is 5.83. The second-order valence-corrected chi connectivity index (χ2v) is 7.69. The summed E-state index contributed by atoms with van der Waals surface area (Å²) in [4.78, 5) is 2.94. The van der Waals surface area contributed by atoms with Crippen LogP contribution >= 0.6 is 22.7 Å². The molecule has 0 saturated heterocycles. The minimum atomic E-state index is 1.26. The number of unbranched alkanes of at least 4 members (excludes halogenated alkanes) is 8. The molecule has 0 nitrogen and oxygen atoms in total. The molecule has 0 aliphatic carbocycles. The van der Waals surface area contributed by atoms with Gasteiger partial charge in [-0.25, -0.2) is 0 Å². The minimum Gasteiger partial charge on any atom is -0.143 e. The van der Waals surface area contributed by atoms with Gasteiger partial charge < -0.3 is 0 Å². The summed E-state index contributed by atoms with van der Waals surface area (Å²) in [5, 5.41) is 4.43. The SMILES string of the molecule is CCCCCCCCCCCc1ccsc1-c1cccs1. The molecular weight excluding hydrogens is 292 g/mol. The quantitative estimate of drug-likeness (QED) is 0.375. The molecule has 0 fully saturated rings. The van der Waals surface area contributed by atoms with E-state index in [2.05, 4.69) is 35.9 Å². The van der Waals surface area contributed by atoms with Crippen LogP contribution in [0.2, 0.25) is 0 Å². The van der Waals surface area contributed by atoms with Crippen molar-refractivity contribution in [1.82, 2.24) is 0 Å². The maximum absolute atomic E-state index is 2.32. The largest absolute Gasteiger partial charge is 0.143 e. The van der Waals surface area contributed by atoms with E-state index in [4.69, 9.17) is 0 Å². The van der Waals surface area contributed by atoms with E-state index in [1.54, 1.807) is 5.56 Å². The van der Waals surface area contributed by atoms with Crippen LogP contribution in [0.3, 0.4) is 0 Å². The molecule has 116 valence electrons. The van der Waals surface area contributed by atoms with E-state index in [1.807, 2.05) is 22.7 Å². The van der Waals surface area contributed by atoms with Crippen molar-refractivity contribution >= 4 is 22.7 Å². The lowest BCUT2D eigenvalue weighted by molar-refractivity contribution is 0.565. The summed E-state index contributed by atoms with van der Waals surface area (Å²) < 4.78 is 0. The van der Waals surface area contributed by atoms with Gasteiger partial charge in [0.05, 0.1) is 0 Å². The van der Waals surface area contributed by atoms with Crippen LogP contribution in [0.5, 0.6) is 0 Å². The van der Waals surface area contributed by atoms with Gasteiger partial charge in [0.25, 0.3) is 0 Å². The van der Waals surface area contributed by atoms with E-state index in [1.165, 1.54) is 74.0 Å². The zero-order chi connectivity index (χ0) is 14.8. The third kappa shape index (κ3) is 5.96. The van der Waals surface area contributed by atoms with Gasteiger partial charge in [-0.15, -0.1) is 22.7 Å². The summed E-state index contributed by atoms with van der Waals surface area (Å²) in [6.07, 6.45) is 14.0. The Bertz CT molecular complexity index is 467. The number of hydrogen-bond donors (Lipinski definition) is 0. The van der Waals surface area contributed by atoms with Gasteiger partial charge in [0.2, 0.25) is 0 Å². The Morgan fingerprint density at radius 2 is 1.48 bits per heavy atom. The Morgan fingerprint density at radius 3 is 2.14 bits per heavy atom. The Kier molecular flexibility index (Phi) is 8.13. The molecule has 2 aromatic rings. The zero-order valence-corrected chi connectivity index (χ0v) is 14.9. The smallest absolute Gasteiger partial charge is 0.0474 e. The first-order chi connectivity index (χ1) is 10.4. The predicted octanol–water partition coefficient (Wildman–Crippen LogP) is 7.55. The Morgan fingerprint density at radius 1 is 0.762 bits per heavy atom. The average Bonchev–Trinajstić information content (AvgIpc) is 3.16. The summed E-state index contributed by atoms with van der Waals surface area (Å²) in [5.41, 5.74) is 1.56. The standard InChI is InChI=1S/C19H28S2/c1-2-3-4-5-6-7-8-9-10-12-17-14-16-21-19(17)18-13-11-15-20-18/h11,13-16H,2-10,12H2,1H3. The van der Waals surface area contributed by atoms with E-state index in [0.717, 1.165) is 0 Å². The van der Waals surface area contributed by atoms with Crippen LogP contribution in [0.25, 0.3) is 9.75 Å². The van der Waals surface area contributed by atoms with Gasteiger partial charge in [-0.05, 0) is 41.3 Å². The molecule has 0 aliphatic rings. The fourth-order valence-corrected chi connectivity index (χ4v) is 4.64. The van der Waals surface area contributed by atoms with Gasteiger partial charge in [-0.1, -0.05) is 64.4 Å². The number of thiophene rings is 2. The van der Waals surface area contributed by atoms with Crippen LogP contribution in [-0.2, 0) is 6.42 Å². The number of hydrogen-bond acceptors (Lipinski definition) is 2. The lowest BCUT2D eigenvalue weighted by Crippen LogP contribution is -1.86. The fraction of sp³-hybridized carbons (Fsp3) is 0.579. The molecule has 2 heterocycles. The predicted molar refractivity (Wildman–Crippen MR) is 98.6 cm³/mol. The van der Waals surface area contributed by atoms with Gasteiger partial charge in [0.1, 0.15) is 0 Å². The summed E-state index contributed by atoms with van der Waals surface area (Å²) in [7, 11) is 0. The van der Waals surface area contributed by atoms with Crippen LogP contribution < -0.4 is 0 Å². The van der Waals surface area contributed by atoms with Crippen LogP contribution in [0.1, 0.15) is 70.3 Å². The van der Waals surface area contributed by atoms with E-state index < -0.39 is 0 Å². The van der Waals surface area contributed by atoms with Crippen molar-refractivity contribution in [3.05, 3.63) is 34.5 Å². The molecule has 0 spiro atoms. The van der Waals surface area contributed by atoms with Gasteiger partial charge >= 0.3 is 0 Å². The monoisotopic (exact) mass is 320 g/mol. The number of rotatable bonds is 11. The molecule has 0 unspecified atom stereocenters. The van der Waals surface area contributed by atoms with Crippen molar-refractivity contribution in [3.63, 3.8) is 0 Å². The topological polar surface area (TPSA) is 0 Å². The zero-order valence-electron chi connectivity index (χ0n) is 13.3. The second kappa shape index (κ2) is 10.2. The van der Waals surface area contributed by atoms with E-state index in [-0.39, 0.29) is 0 Å². The number of aryl methyl sites for hydroxylation is 1. The van der Waals surface area contributed by atoms with Crippen LogP contribution in [0.15, 0.2) is 29.0 Å². The van der Waals surface area contributed by atoms with Crippen LogP contribution in [0, 0.1) is 0 Å². The van der Waals surface area contributed by atoms with Crippen molar-refractivity contribution < 1.29 is 0 Å². The summed E-state index contributed by atoms with van der Waals surface area (Å²) in [5.74, 6) is 0. The molecule has 0 saturated carbocycles. The van der Waals surface area contributed by atoms with Gasteiger partial charge in [0, 0.05) is 9.75 Å². The summed E-state index contributed by atoms with van der Waals surface area (Å²) in [6, 6.07) is 6.73. The normalized spacial score (nSPS) is 11.1. The fourth-order valence-electron chi connectivity index (χ4n) is 2.78. The molecule has 2 aromatic heterocycles. The third-order valence-electron chi connectivity index (χ3n) is 4.04. The first-order valence-corrected chi connectivity index (χ1v) is 10.3. The highest BCUT2D eigenvalue weighted by Crippen LogP contribution is 2.33. The highest BCUT2D eigenvalue weighted by atomic mass is 32.1. The van der Waals surface area contributed by atoms with Crippen molar-refractivity contribution in [2.75, 3.05) is 0 Å². The first kappa shape index (κ1) is 16.8. The maximum atomic E-state index is 2.32. The Labute approximate surface area is 138 Å². The van der Waals surface area contributed by atoms with Crippen LogP contribution in [0.4, 0.5) is 0 Å². The molecular formula is C19H28S2. The minimum absolute atomic E-state index is 1.26. The van der Waals surface area contributed by atoms with Crippen molar-refractivity contribution in [1.29, 1.82) is 0 Å². The van der Waals surface area contributed by atoms with Gasteiger partial charge in [-0.3, -0.25) is 0 Å². The Hall–Kier alpha value is -0.600. The lowest BCUT2D eigenvalue weighted by atomic mass is 10.0. The average molecular weight is 321 g/mol. The molecule has 2 rings (SSSR count). The summed E-state index contributed by atoms with van der Waals surface area (Å²) in [6.45, 7) is 2.29. The lowest BCUT2D eigenvalue weighted by Gasteiger charge is -2.03. The molecule has 0 radical (unpaired) electrons. The van der Waals surface area contributed by atoms with E-state index >= 15 is 0 Å². The highest BCUT2D eigenvalue weighted by Gasteiger charge is 2.07. The van der Waals surface area contributed by atoms with Crippen molar-refractivity contribution in [2.45, 2.75) is 71.1 Å². The molecule has 0 atom stereocenters. The molecule has 2 heteroatoms.